The van der Waals surface area contributed by atoms with Gasteiger partial charge in [-0.15, -0.1) is 0 Å². The highest BCUT2D eigenvalue weighted by Gasteiger charge is 2.30. The number of aromatic amines is 1. The minimum absolute atomic E-state index is 0.0848. The van der Waals surface area contributed by atoms with Crippen LogP contribution in [0.25, 0.3) is 10.9 Å². The number of hydrogen-bond donors (Lipinski definition) is 2. The molecule has 208 valence electrons. The number of aromatic nitrogens is 1. The average molecular weight is 560 g/mol. The van der Waals surface area contributed by atoms with E-state index in [0.717, 1.165) is 27.6 Å². The third kappa shape index (κ3) is 7.68. The highest BCUT2D eigenvalue weighted by atomic mass is 32.2. The molecule has 1 amide bonds. The van der Waals surface area contributed by atoms with Crippen LogP contribution in [0, 0.1) is 6.92 Å². The van der Waals surface area contributed by atoms with Gasteiger partial charge in [0.05, 0.1) is 4.90 Å². The van der Waals surface area contributed by atoms with Crippen molar-refractivity contribution in [2.45, 2.75) is 37.8 Å². The fourth-order valence-electron chi connectivity index (χ4n) is 4.36. The van der Waals surface area contributed by atoms with Crippen LogP contribution in [0.15, 0.2) is 102 Å². The number of amides is 1. The number of hydrogen-bond acceptors (Lipinski definition) is 5. The van der Waals surface area contributed by atoms with Gasteiger partial charge in [0.2, 0.25) is 15.9 Å². The summed E-state index contributed by atoms with van der Waals surface area (Å²) < 4.78 is 34.5. The number of nitrogens with zero attached hydrogens (tertiary/aromatic N) is 1. The summed E-state index contributed by atoms with van der Waals surface area (Å²) >= 11 is 0. The third-order valence-electron chi connectivity index (χ3n) is 6.43. The Labute approximate surface area is 234 Å². The predicted molar refractivity (Wildman–Crippen MR) is 155 cm³/mol. The van der Waals surface area contributed by atoms with E-state index in [2.05, 4.69) is 9.71 Å². The number of nitrogens with one attached hydrogen (secondary N) is 2. The number of sulfonamides is 1. The van der Waals surface area contributed by atoms with Crippen molar-refractivity contribution in [3.8, 4) is 0 Å². The lowest BCUT2D eigenvalue weighted by Crippen LogP contribution is -2.49. The lowest BCUT2D eigenvalue weighted by atomic mass is 10.0. The van der Waals surface area contributed by atoms with E-state index in [1.54, 1.807) is 29.2 Å². The van der Waals surface area contributed by atoms with Crippen molar-refractivity contribution in [3.63, 3.8) is 0 Å². The van der Waals surface area contributed by atoms with Crippen molar-refractivity contribution >= 4 is 32.8 Å². The average Bonchev–Trinajstić information content (AvgIpc) is 3.35. The van der Waals surface area contributed by atoms with Gasteiger partial charge in [0.25, 0.3) is 0 Å². The van der Waals surface area contributed by atoms with Crippen LogP contribution < -0.4 is 4.72 Å². The van der Waals surface area contributed by atoms with Gasteiger partial charge in [-0.1, -0.05) is 72.3 Å². The molecule has 40 heavy (non-hydrogen) atoms. The van der Waals surface area contributed by atoms with Gasteiger partial charge in [0.1, 0.15) is 12.6 Å². The van der Waals surface area contributed by atoms with Crippen LogP contribution in [0.3, 0.4) is 0 Å². The van der Waals surface area contributed by atoms with E-state index >= 15 is 0 Å². The second kappa shape index (κ2) is 13.2. The fourth-order valence-corrected chi connectivity index (χ4v) is 5.55. The number of aryl methyl sites for hydroxylation is 1. The maximum Gasteiger partial charge on any atom is 0.302 e. The molecule has 2 N–H and O–H groups in total. The molecule has 1 atom stereocenters. The van der Waals surface area contributed by atoms with Crippen LogP contribution in [0.4, 0.5) is 0 Å². The molecule has 0 spiro atoms. The standard InChI is InChI=1S/C31H33N3O5S/c1-23-14-16-27(17-15-23)40(37,38)33-30(20-26-21-32-29-13-7-6-12-28(26)29)31(36)34(18-8-9-19-39-24(2)35)22-25-10-4-3-5-11-25/h3-17,21,30,32-33H,18-20,22H2,1-2H3/b9-8+/t30-/m0/s1. The molecule has 0 radical (unpaired) electrons. The number of ether oxygens (including phenoxy) is 1. The summed E-state index contributed by atoms with van der Waals surface area (Å²) in [6.45, 7) is 3.76. The maximum absolute atomic E-state index is 14.1. The number of fused-ring (bicyclic) bond motifs is 1. The summed E-state index contributed by atoms with van der Waals surface area (Å²) in [5, 5.41) is 0.922. The number of benzene rings is 3. The van der Waals surface area contributed by atoms with Gasteiger partial charge in [0.15, 0.2) is 0 Å². The van der Waals surface area contributed by atoms with Gasteiger partial charge in [0, 0.05) is 37.1 Å². The van der Waals surface area contributed by atoms with Gasteiger partial charge in [-0.2, -0.15) is 4.72 Å². The van der Waals surface area contributed by atoms with Crippen LogP contribution in [0.2, 0.25) is 0 Å². The van der Waals surface area contributed by atoms with Gasteiger partial charge >= 0.3 is 5.97 Å². The monoisotopic (exact) mass is 559 g/mol. The first-order valence-electron chi connectivity index (χ1n) is 13.0. The van der Waals surface area contributed by atoms with Crippen molar-refractivity contribution in [1.29, 1.82) is 0 Å². The van der Waals surface area contributed by atoms with Crippen molar-refractivity contribution in [2.24, 2.45) is 0 Å². The molecule has 8 nitrogen and oxygen atoms in total. The van der Waals surface area contributed by atoms with Crippen molar-refractivity contribution in [1.82, 2.24) is 14.6 Å². The molecular weight excluding hydrogens is 526 g/mol. The highest BCUT2D eigenvalue weighted by Crippen LogP contribution is 2.21. The molecule has 0 fully saturated rings. The molecule has 0 saturated heterocycles. The first-order chi connectivity index (χ1) is 19.2. The second-order valence-electron chi connectivity index (χ2n) is 9.53. The quantitative estimate of drug-likeness (QED) is 0.196. The Hall–Kier alpha value is -4.21. The smallest absolute Gasteiger partial charge is 0.302 e. The largest absolute Gasteiger partial charge is 0.462 e. The summed E-state index contributed by atoms with van der Waals surface area (Å²) in [4.78, 5) is 30.1. The second-order valence-corrected chi connectivity index (χ2v) is 11.2. The van der Waals surface area contributed by atoms with Gasteiger partial charge in [-0.3, -0.25) is 9.59 Å². The molecule has 0 bridgehead atoms. The van der Waals surface area contributed by atoms with Crippen molar-refractivity contribution in [3.05, 3.63) is 114 Å². The van der Waals surface area contributed by atoms with E-state index < -0.39 is 22.0 Å². The Morgan fingerprint density at radius 2 is 1.68 bits per heavy atom. The Morgan fingerprint density at radius 1 is 0.975 bits per heavy atom. The molecule has 0 saturated carbocycles. The molecule has 4 rings (SSSR count). The molecule has 9 heteroatoms. The minimum atomic E-state index is -4.01. The number of H-pyrrole nitrogens is 1. The molecule has 1 heterocycles. The zero-order chi connectivity index (χ0) is 28.5. The van der Waals surface area contributed by atoms with E-state index in [9.17, 15) is 18.0 Å². The number of carbonyl (C=O) groups excluding carboxylic acids is 2. The zero-order valence-corrected chi connectivity index (χ0v) is 23.4. The first kappa shape index (κ1) is 28.8. The normalized spacial score (nSPS) is 12.4. The number of para-hydroxylation sites is 1. The van der Waals surface area contributed by atoms with Crippen LogP contribution >= 0.6 is 0 Å². The summed E-state index contributed by atoms with van der Waals surface area (Å²) in [7, 11) is -4.01. The van der Waals surface area contributed by atoms with E-state index in [0.29, 0.717) is 0 Å². The molecule has 0 aliphatic heterocycles. The van der Waals surface area contributed by atoms with Crippen molar-refractivity contribution in [2.75, 3.05) is 13.2 Å². The number of carbonyl (C=O) groups is 2. The molecular formula is C31H33N3O5S. The highest BCUT2D eigenvalue weighted by molar-refractivity contribution is 7.89. The summed E-state index contributed by atoms with van der Waals surface area (Å²) in [5.74, 6) is -0.770. The first-order valence-corrected chi connectivity index (χ1v) is 14.5. The molecule has 3 aromatic carbocycles. The Kier molecular flexibility index (Phi) is 9.52. The zero-order valence-electron chi connectivity index (χ0n) is 22.5. The van der Waals surface area contributed by atoms with Crippen LogP contribution in [0.5, 0.6) is 0 Å². The number of esters is 1. The van der Waals surface area contributed by atoms with Gasteiger partial charge in [-0.25, -0.2) is 8.42 Å². The molecule has 0 aliphatic rings. The Morgan fingerprint density at radius 3 is 2.40 bits per heavy atom. The number of rotatable bonds is 12. The van der Waals surface area contributed by atoms with E-state index in [-0.39, 0.29) is 36.9 Å². The van der Waals surface area contributed by atoms with E-state index in [1.165, 1.54) is 19.1 Å². The Bertz CT molecular complexity index is 1580. The SMILES string of the molecule is CC(=O)OC/C=C/CN(Cc1ccccc1)C(=O)[C@H](Cc1c[nH]c2ccccc12)NS(=O)(=O)c1ccc(C)cc1. The molecule has 4 aromatic rings. The van der Waals surface area contributed by atoms with Crippen LogP contribution in [0.1, 0.15) is 23.6 Å². The van der Waals surface area contributed by atoms with Gasteiger partial charge in [-0.05, 0) is 48.7 Å². The fraction of sp³-hybridized carbons (Fsp3) is 0.226. The van der Waals surface area contributed by atoms with Gasteiger partial charge < -0.3 is 14.6 Å². The van der Waals surface area contributed by atoms with E-state index in [4.69, 9.17) is 4.74 Å². The Balaban J connectivity index is 1.66. The molecule has 0 aliphatic carbocycles. The van der Waals surface area contributed by atoms with Crippen LogP contribution in [-0.4, -0.2) is 49.4 Å². The molecule has 1 aromatic heterocycles. The predicted octanol–water partition coefficient (Wildman–Crippen LogP) is 4.51. The topological polar surface area (TPSA) is 109 Å². The van der Waals surface area contributed by atoms with Crippen molar-refractivity contribution < 1.29 is 22.7 Å². The summed E-state index contributed by atoms with van der Waals surface area (Å²) in [6.07, 6.45) is 5.36. The minimum Gasteiger partial charge on any atom is -0.462 e. The third-order valence-corrected chi connectivity index (χ3v) is 7.92. The lowest BCUT2D eigenvalue weighted by Gasteiger charge is -2.27. The molecule has 0 unspecified atom stereocenters. The van der Waals surface area contributed by atoms with Crippen LogP contribution in [-0.2, 0) is 37.3 Å². The lowest BCUT2D eigenvalue weighted by molar-refractivity contribution is -0.139. The summed E-state index contributed by atoms with van der Waals surface area (Å²) in [5.41, 5.74) is 3.56. The van der Waals surface area contributed by atoms with E-state index in [1.807, 2.05) is 67.7 Å². The maximum atomic E-state index is 14.1. The summed E-state index contributed by atoms with van der Waals surface area (Å²) in [6, 6.07) is 22.6.